The maximum Gasteiger partial charge on any atom is 0.352 e. The lowest BCUT2D eigenvalue weighted by atomic mass is 10.0. The smallest absolute Gasteiger partial charge is 0.352 e. The number of aryl methyl sites for hydroxylation is 1. The van der Waals surface area contributed by atoms with Crippen molar-refractivity contribution in [2.75, 3.05) is 18.6 Å². The monoisotopic (exact) mass is 648 g/mol. The fourth-order valence-corrected chi connectivity index (χ4v) is 6.92. The lowest BCUT2D eigenvalue weighted by Gasteiger charge is -2.49. The molecule has 3 N–H and O–H groups in total. The molecule has 1 saturated heterocycles. The molecular formula is C30H28N6O7S2. The number of carbonyl (C=O) groups is 5. The highest BCUT2D eigenvalue weighted by Gasteiger charge is 2.54. The number of carboxylic acids is 1. The van der Waals surface area contributed by atoms with E-state index in [2.05, 4.69) is 20.8 Å². The Labute approximate surface area is 266 Å². The minimum Gasteiger partial charge on any atom is -0.477 e. The number of imide groups is 1. The molecule has 232 valence electrons. The Kier molecular flexibility index (Phi) is 9.68. The number of aliphatic carboxylic acids is 1. The highest BCUT2D eigenvalue weighted by Crippen LogP contribution is 2.41. The van der Waals surface area contributed by atoms with Crippen LogP contribution in [0.4, 0.5) is 4.79 Å². The number of carbonyl (C=O) groups excluding carboxylic acids is 4. The average Bonchev–Trinajstić information content (AvgIpc) is 3.48. The molecule has 3 aromatic rings. The third-order valence-corrected chi connectivity index (χ3v) is 9.19. The first-order valence-electron chi connectivity index (χ1n) is 13.6. The van der Waals surface area contributed by atoms with E-state index >= 15 is 0 Å². The Balaban J connectivity index is 1.27. The van der Waals surface area contributed by atoms with Gasteiger partial charge in [0, 0.05) is 31.6 Å². The summed E-state index contributed by atoms with van der Waals surface area (Å²) in [5, 5.41) is 22.5. The quantitative estimate of drug-likeness (QED) is 0.168. The number of hydrogen-bond acceptors (Lipinski definition) is 10. The zero-order chi connectivity index (χ0) is 32.1. The molecule has 0 spiro atoms. The molecule has 13 nitrogen and oxygen atoms in total. The Morgan fingerprint density at radius 2 is 1.82 bits per heavy atom. The van der Waals surface area contributed by atoms with Crippen molar-refractivity contribution in [3.63, 3.8) is 0 Å². The van der Waals surface area contributed by atoms with Crippen molar-refractivity contribution in [3.05, 3.63) is 95.0 Å². The van der Waals surface area contributed by atoms with Crippen LogP contribution in [0.25, 0.3) is 6.08 Å². The van der Waals surface area contributed by atoms with E-state index in [-0.39, 0.29) is 16.7 Å². The van der Waals surface area contributed by atoms with Gasteiger partial charge in [0.15, 0.2) is 0 Å². The summed E-state index contributed by atoms with van der Waals surface area (Å²) in [5.41, 5.74) is 1.56. The van der Waals surface area contributed by atoms with Gasteiger partial charge in [-0.15, -0.1) is 22.0 Å². The molecule has 5 rings (SSSR count). The molecule has 5 amide bonds. The number of fused-ring (bicyclic) bond motifs is 1. The van der Waals surface area contributed by atoms with Crippen molar-refractivity contribution in [2.45, 2.75) is 29.6 Å². The number of nitrogens with zero attached hydrogens (tertiary/aromatic N) is 4. The van der Waals surface area contributed by atoms with Crippen molar-refractivity contribution < 1.29 is 33.5 Å². The molecule has 1 aromatic heterocycles. The second kappa shape index (κ2) is 13.8. The number of hydrogen-bond donors (Lipinski definition) is 3. The summed E-state index contributed by atoms with van der Waals surface area (Å²) in [4.78, 5) is 66.8. The number of urea groups is 1. The van der Waals surface area contributed by atoms with E-state index in [0.29, 0.717) is 22.8 Å². The van der Waals surface area contributed by atoms with E-state index in [9.17, 15) is 29.1 Å². The summed E-state index contributed by atoms with van der Waals surface area (Å²) in [6.45, 7) is 1.64. The standard InChI is InChI=1S/C30H28N6O7S2/c1-17-33-34-30(43-17)45-16-20-15-44-27-23(26(39)36(27)24(20)28(40)41)31-25(38)22(19-11-7-4-8-12-19)32-29(42)35(2)21(37)14-13-18-9-5-3-6-10-18/h3-14,22-23,27H,15-16H2,1-2H3,(H,31,38)(H,32,42)(H,40,41)/t22-,23?,27-/m1/s1. The molecule has 0 aliphatic carbocycles. The number of amides is 5. The van der Waals surface area contributed by atoms with Crippen molar-refractivity contribution >= 4 is 59.3 Å². The van der Waals surface area contributed by atoms with Crippen molar-refractivity contribution in [2.24, 2.45) is 0 Å². The molecule has 1 fully saturated rings. The summed E-state index contributed by atoms with van der Waals surface area (Å²) < 4.78 is 5.34. The predicted molar refractivity (Wildman–Crippen MR) is 165 cm³/mol. The van der Waals surface area contributed by atoms with Gasteiger partial charge >= 0.3 is 12.0 Å². The third-order valence-electron chi connectivity index (χ3n) is 6.94. The van der Waals surface area contributed by atoms with Crippen LogP contribution in [0.2, 0.25) is 0 Å². The first kappa shape index (κ1) is 31.5. The maximum absolute atomic E-state index is 13.6. The van der Waals surface area contributed by atoms with Crippen LogP contribution < -0.4 is 10.6 Å². The Morgan fingerprint density at radius 1 is 1.13 bits per heavy atom. The first-order valence-corrected chi connectivity index (χ1v) is 15.7. The summed E-state index contributed by atoms with van der Waals surface area (Å²) in [6.07, 6.45) is 2.82. The summed E-state index contributed by atoms with van der Waals surface area (Å²) in [7, 11) is 1.29. The molecule has 2 aliphatic heterocycles. The molecule has 3 atom stereocenters. The minimum absolute atomic E-state index is 0.144. The van der Waals surface area contributed by atoms with Gasteiger partial charge in [0.25, 0.3) is 17.0 Å². The predicted octanol–water partition coefficient (Wildman–Crippen LogP) is 2.83. The number of β-lactam (4-membered cyclic amide) rings is 1. The van der Waals surface area contributed by atoms with Crippen LogP contribution in [0.3, 0.4) is 0 Å². The Morgan fingerprint density at radius 3 is 2.47 bits per heavy atom. The van der Waals surface area contributed by atoms with Gasteiger partial charge in [-0.3, -0.25) is 24.2 Å². The molecule has 15 heteroatoms. The number of nitrogens with one attached hydrogen (secondary N) is 2. The number of benzene rings is 2. The molecule has 0 radical (unpaired) electrons. The summed E-state index contributed by atoms with van der Waals surface area (Å²) in [6, 6.07) is 14.4. The second-order valence-electron chi connectivity index (χ2n) is 9.96. The number of carboxylic acid groups (broad SMARTS) is 1. The van der Waals surface area contributed by atoms with Gasteiger partial charge in [-0.1, -0.05) is 72.4 Å². The van der Waals surface area contributed by atoms with Crippen molar-refractivity contribution in [1.82, 2.24) is 30.6 Å². The lowest BCUT2D eigenvalue weighted by molar-refractivity contribution is -0.151. The van der Waals surface area contributed by atoms with Crippen LogP contribution in [0.15, 0.2) is 87.6 Å². The SMILES string of the molecule is Cc1nnc(SCC2=C(C(=O)O)N3C(=O)C(NC(=O)[C@H](NC(=O)N(C)C(=O)C=Cc4ccccc4)c4ccccc4)[C@H]3SC2)o1. The van der Waals surface area contributed by atoms with Gasteiger partial charge in [0.1, 0.15) is 23.2 Å². The number of rotatable bonds is 10. The normalized spacial score (nSPS) is 18.2. The van der Waals surface area contributed by atoms with Gasteiger partial charge in [-0.05, 0) is 22.8 Å². The molecule has 0 bridgehead atoms. The number of likely N-dealkylation sites (N-methyl/N-ethyl adjacent to an activating group) is 1. The molecule has 1 unspecified atom stereocenters. The molecule has 45 heavy (non-hydrogen) atoms. The lowest BCUT2D eigenvalue weighted by Crippen LogP contribution is -2.71. The zero-order valence-corrected chi connectivity index (χ0v) is 25.7. The van der Waals surface area contributed by atoms with Crippen LogP contribution in [-0.2, 0) is 19.2 Å². The van der Waals surface area contributed by atoms with E-state index in [1.54, 1.807) is 55.5 Å². The van der Waals surface area contributed by atoms with Crippen LogP contribution >= 0.6 is 23.5 Å². The maximum atomic E-state index is 13.6. The molecule has 2 aliphatic rings. The molecule has 2 aromatic carbocycles. The van der Waals surface area contributed by atoms with E-state index in [1.165, 1.54) is 36.6 Å². The second-order valence-corrected chi connectivity index (χ2v) is 12.0. The number of aromatic nitrogens is 2. The van der Waals surface area contributed by atoms with Crippen LogP contribution in [-0.4, -0.2) is 84.8 Å². The molecule has 3 heterocycles. The van der Waals surface area contributed by atoms with Gasteiger partial charge in [0.05, 0.1) is 0 Å². The van der Waals surface area contributed by atoms with Gasteiger partial charge < -0.3 is 20.2 Å². The largest absolute Gasteiger partial charge is 0.477 e. The molecule has 0 saturated carbocycles. The third kappa shape index (κ3) is 7.10. The highest BCUT2D eigenvalue weighted by atomic mass is 32.2. The van der Waals surface area contributed by atoms with E-state index < -0.39 is 47.2 Å². The van der Waals surface area contributed by atoms with Gasteiger partial charge in [0.2, 0.25) is 11.8 Å². The average molecular weight is 649 g/mol. The van der Waals surface area contributed by atoms with Gasteiger partial charge in [-0.25, -0.2) is 9.59 Å². The van der Waals surface area contributed by atoms with Crippen LogP contribution in [0, 0.1) is 6.92 Å². The van der Waals surface area contributed by atoms with Gasteiger partial charge in [-0.2, -0.15) is 0 Å². The topological polar surface area (TPSA) is 175 Å². The minimum atomic E-state index is -1.26. The fourth-order valence-electron chi connectivity index (χ4n) is 4.63. The highest BCUT2D eigenvalue weighted by molar-refractivity contribution is 8.01. The Bertz CT molecular complexity index is 1680. The summed E-state index contributed by atoms with van der Waals surface area (Å²) >= 11 is 2.48. The van der Waals surface area contributed by atoms with E-state index in [0.717, 1.165) is 15.4 Å². The molecular weight excluding hydrogens is 620 g/mol. The first-order chi connectivity index (χ1) is 21.6. The Hall–Kier alpha value is -4.89. The van der Waals surface area contributed by atoms with E-state index in [4.69, 9.17) is 4.42 Å². The van der Waals surface area contributed by atoms with Crippen molar-refractivity contribution in [3.8, 4) is 0 Å². The van der Waals surface area contributed by atoms with Crippen LogP contribution in [0.1, 0.15) is 23.1 Å². The summed E-state index contributed by atoms with van der Waals surface area (Å²) in [5.74, 6) is -2.26. The fraction of sp³-hybridized carbons (Fsp3) is 0.233. The van der Waals surface area contributed by atoms with Crippen LogP contribution in [0.5, 0.6) is 0 Å². The number of thioether (sulfide) groups is 2. The van der Waals surface area contributed by atoms with E-state index in [1.807, 2.05) is 18.2 Å². The van der Waals surface area contributed by atoms with Crippen molar-refractivity contribution in [1.29, 1.82) is 0 Å². The zero-order valence-electron chi connectivity index (χ0n) is 24.1.